The summed E-state index contributed by atoms with van der Waals surface area (Å²) in [5.41, 5.74) is 2.90. The van der Waals surface area contributed by atoms with Gasteiger partial charge in [0.05, 0.1) is 18.8 Å². The molecular formula is C34H45N3O6PS2-. The van der Waals surface area contributed by atoms with Crippen molar-refractivity contribution in [3.8, 4) is 11.8 Å². The number of hydrogen-bond donors (Lipinski definition) is 2. The molecule has 1 aliphatic heterocycles. The fraction of sp³-hybridized carbons (Fsp3) is 0.500. The van der Waals surface area contributed by atoms with E-state index in [0.717, 1.165) is 47.4 Å². The van der Waals surface area contributed by atoms with Crippen molar-refractivity contribution < 1.29 is 28.4 Å². The molecule has 3 rings (SSSR count). The van der Waals surface area contributed by atoms with E-state index < -0.39 is 13.3 Å². The highest BCUT2D eigenvalue weighted by atomic mass is 33.1. The second kappa shape index (κ2) is 19.8. The standard InChI is InChI=1S/C34H46N3O6PS2/c1-26(2)44(41,42)43-23-10-4-9-21-35-32(38)18-15-27(3)46-45-24-22-36-33(39)19-20-34(40)37-25-30-13-6-5-11-28(30)16-17-29-12-7-8-14-31(29)37/h5-8,11-14,26-27H,4,9-10,15,18-25H2,1-3H3,(H,35,38)(H,36,39)(H,41,42)/p-1. The Balaban J connectivity index is 1.25. The molecule has 0 saturated heterocycles. The molecule has 0 aliphatic carbocycles. The van der Waals surface area contributed by atoms with Gasteiger partial charge < -0.3 is 29.5 Å². The van der Waals surface area contributed by atoms with Gasteiger partial charge in [-0.1, -0.05) is 84.5 Å². The zero-order chi connectivity index (χ0) is 33.4. The topological polar surface area (TPSA) is 128 Å². The van der Waals surface area contributed by atoms with E-state index >= 15 is 0 Å². The van der Waals surface area contributed by atoms with Crippen LogP contribution in [0.25, 0.3) is 0 Å². The van der Waals surface area contributed by atoms with Crippen LogP contribution >= 0.6 is 29.2 Å². The maximum absolute atomic E-state index is 13.3. The third-order valence-corrected chi connectivity index (χ3v) is 12.1. The van der Waals surface area contributed by atoms with Gasteiger partial charge in [0.2, 0.25) is 17.7 Å². The van der Waals surface area contributed by atoms with Crippen LogP contribution < -0.4 is 20.4 Å². The van der Waals surface area contributed by atoms with Crippen molar-refractivity contribution in [3.63, 3.8) is 0 Å². The average molecular weight is 687 g/mol. The summed E-state index contributed by atoms with van der Waals surface area (Å²) in [4.78, 5) is 51.3. The van der Waals surface area contributed by atoms with E-state index in [-0.39, 0.29) is 42.4 Å². The first-order valence-electron chi connectivity index (χ1n) is 15.8. The van der Waals surface area contributed by atoms with Crippen LogP contribution in [-0.2, 0) is 30.0 Å². The monoisotopic (exact) mass is 686 g/mol. The number of nitrogens with zero attached hydrogens (tertiary/aromatic N) is 1. The molecule has 0 radical (unpaired) electrons. The van der Waals surface area contributed by atoms with Crippen LogP contribution in [0, 0.1) is 11.8 Å². The molecule has 2 unspecified atom stereocenters. The second-order valence-corrected chi connectivity index (χ2v) is 16.7. The van der Waals surface area contributed by atoms with Crippen LogP contribution in [0.3, 0.4) is 0 Å². The van der Waals surface area contributed by atoms with Gasteiger partial charge in [-0.25, -0.2) is 0 Å². The maximum Gasteiger partial charge on any atom is 0.227 e. The fourth-order valence-corrected chi connectivity index (χ4v) is 7.43. The number of anilines is 1. The lowest BCUT2D eigenvalue weighted by atomic mass is 10.0. The molecule has 3 amide bonds. The summed E-state index contributed by atoms with van der Waals surface area (Å²) in [6.07, 6.45) is 3.60. The minimum Gasteiger partial charge on any atom is -0.778 e. The van der Waals surface area contributed by atoms with Gasteiger partial charge in [0.15, 0.2) is 0 Å². The van der Waals surface area contributed by atoms with Crippen molar-refractivity contribution >= 4 is 52.6 Å². The van der Waals surface area contributed by atoms with Gasteiger partial charge in [0.25, 0.3) is 0 Å². The van der Waals surface area contributed by atoms with E-state index in [0.29, 0.717) is 32.5 Å². The van der Waals surface area contributed by atoms with Gasteiger partial charge >= 0.3 is 0 Å². The van der Waals surface area contributed by atoms with Crippen LogP contribution in [-0.4, -0.2) is 54.1 Å². The van der Waals surface area contributed by atoms with Crippen LogP contribution in [0.4, 0.5) is 5.69 Å². The molecular weight excluding hydrogens is 641 g/mol. The zero-order valence-electron chi connectivity index (χ0n) is 26.9. The van der Waals surface area contributed by atoms with Crippen LogP contribution in [0.2, 0.25) is 0 Å². The molecule has 12 heteroatoms. The van der Waals surface area contributed by atoms with Crippen molar-refractivity contribution in [1.82, 2.24) is 10.6 Å². The van der Waals surface area contributed by atoms with Crippen LogP contribution in [0.5, 0.6) is 0 Å². The lowest BCUT2D eigenvalue weighted by Crippen LogP contribution is -2.33. The molecule has 2 aromatic carbocycles. The number of hydrogen-bond acceptors (Lipinski definition) is 8. The molecule has 2 atom stereocenters. The summed E-state index contributed by atoms with van der Waals surface area (Å²) < 4.78 is 16.6. The highest BCUT2D eigenvalue weighted by molar-refractivity contribution is 8.76. The normalized spacial score (nSPS) is 14.1. The summed E-state index contributed by atoms with van der Waals surface area (Å²) in [6.45, 7) is 6.93. The van der Waals surface area contributed by atoms with E-state index in [1.165, 1.54) is 0 Å². The minimum atomic E-state index is -3.76. The zero-order valence-corrected chi connectivity index (χ0v) is 29.4. The van der Waals surface area contributed by atoms with Crippen molar-refractivity contribution in [2.75, 3.05) is 30.3 Å². The molecule has 1 heterocycles. The highest BCUT2D eigenvalue weighted by Gasteiger charge is 2.21. The molecule has 250 valence electrons. The molecule has 1 aliphatic rings. The number of rotatable bonds is 19. The van der Waals surface area contributed by atoms with Gasteiger partial charge in [0, 0.05) is 60.1 Å². The van der Waals surface area contributed by atoms with Gasteiger partial charge in [0.1, 0.15) is 7.60 Å². The molecule has 2 aromatic rings. The Morgan fingerprint density at radius 1 is 0.913 bits per heavy atom. The average Bonchev–Trinajstić information content (AvgIpc) is 3.03. The quantitative estimate of drug-likeness (QED) is 0.0841. The lowest BCUT2D eigenvalue weighted by molar-refractivity contribution is -0.200. The molecule has 46 heavy (non-hydrogen) atoms. The molecule has 9 nitrogen and oxygen atoms in total. The Bertz CT molecular complexity index is 1430. The SMILES string of the molecule is CC(CCC(=O)NCCCCCOP(=O)([O-])C(C)C)SSCCNC(=O)CCC(=O)N1Cc2ccccc2C#Cc2ccccc21. The van der Waals surface area contributed by atoms with Crippen molar-refractivity contribution in [2.24, 2.45) is 0 Å². The molecule has 0 fully saturated rings. The summed E-state index contributed by atoms with van der Waals surface area (Å²) in [5, 5.41) is 6.10. The van der Waals surface area contributed by atoms with E-state index in [2.05, 4.69) is 29.4 Å². The predicted octanol–water partition coefficient (Wildman–Crippen LogP) is 5.64. The van der Waals surface area contributed by atoms with Gasteiger partial charge in [-0.05, 0) is 49.4 Å². The molecule has 0 spiro atoms. The summed E-state index contributed by atoms with van der Waals surface area (Å²) >= 11 is 0. The van der Waals surface area contributed by atoms with Crippen LogP contribution in [0.1, 0.15) is 82.4 Å². The Kier molecular flexibility index (Phi) is 16.2. The number of para-hydroxylation sites is 1. The fourth-order valence-electron chi connectivity index (χ4n) is 4.49. The van der Waals surface area contributed by atoms with E-state index in [9.17, 15) is 23.8 Å². The van der Waals surface area contributed by atoms with Crippen LogP contribution in [0.15, 0.2) is 48.5 Å². The first kappa shape index (κ1) is 37.7. The number of benzene rings is 2. The van der Waals surface area contributed by atoms with E-state index in [1.54, 1.807) is 40.3 Å². The van der Waals surface area contributed by atoms with E-state index in [1.807, 2.05) is 48.5 Å². The Morgan fingerprint density at radius 2 is 1.59 bits per heavy atom. The third kappa shape index (κ3) is 13.2. The number of carbonyl (C=O) groups is 3. The minimum absolute atomic E-state index is 0.00994. The summed E-state index contributed by atoms with van der Waals surface area (Å²) in [6, 6.07) is 15.4. The number of amides is 3. The largest absolute Gasteiger partial charge is 0.778 e. The Hall–Kier alpha value is -2.74. The van der Waals surface area contributed by atoms with Crippen molar-refractivity contribution in [1.29, 1.82) is 0 Å². The highest BCUT2D eigenvalue weighted by Crippen LogP contribution is 2.42. The number of unbranched alkanes of at least 4 members (excludes halogenated alkanes) is 2. The second-order valence-electron chi connectivity index (χ2n) is 11.4. The predicted molar refractivity (Wildman–Crippen MR) is 187 cm³/mol. The van der Waals surface area contributed by atoms with E-state index in [4.69, 9.17) is 4.52 Å². The van der Waals surface area contributed by atoms with Crippen molar-refractivity contribution in [3.05, 3.63) is 65.2 Å². The lowest BCUT2D eigenvalue weighted by Gasteiger charge is -2.26. The van der Waals surface area contributed by atoms with Gasteiger partial charge in [-0.2, -0.15) is 0 Å². The van der Waals surface area contributed by atoms with Gasteiger partial charge in [-0.3, -0.25) is 14.4 Å². The Morgan fingerprint density at radius 3 is 2.37 bits per heavy atom. The first-order chi connectivity index (χ1) is 22.1. The molecule has 0 aromatic heterocycles. The summed E-state index contributed by atoms with van der Waals surface area (Å²) in [5.74, 6) is 6.86. The molecule has 2 N–H and O–H groups in total. The maximum atomic E-state index is 13.3. The number of nitrogens with one attached hydrogen (secondary N) is 2. The number of fused-ring (bicyclic) bond motifs is 2. The smallest absolute Gasteiger partial charge is 0.227 e. The van der Waals surface area contributed by atoms with Gasteiger partial charge in [-0.15, -0.1) is 0 Å². The summed E-state index contributed by atoms with van der Waals surface area (Å²) in [7, 11) is -0.414. The first-order valence-corrected chi connectivity index (χ1v) is 19.8. The number of carbonyl (C=O) groups excluding carboxylic acids is 3. The van der Waals surface area contributed by atoms with Crippen molar-refractivity contribution in [2.45, 2.75) is 83.2 Å². The Labute approximate surface area is 281 Å². The third-order valence-electron chi connectivity index (χ3n) is 7.30. The molecule has 0 saturated carbocycles. The molecule has 0 bridgehead atoms.